The maximum atomic E-state index is 12.4. The Morgan fingerprint density at radius 1 is 1.41 bits per heavy atom. The van der Waals surface area contributed by atoms with Crippen LogP contribution < -0.4 is 10.6 Å². The summed E-state index contributed by atoms with van der Waals surface area (Å²) in [5.41, 5.74) is -0.00296. The van der Waals surface area contributed by atoms with Crippen LogP contribution in [0.15, 0.2) is 0 Å². The smallest absolute Gasteiger partial charge is 0.238 e. The van der Waals surface area contributed by atoms with Crippen LogP contribution in [0.2, 0.25) is 0 Å². The second-order valence-corrected chi connectivity index (χ2v) is 6.24. The first-order valence-corrected chi connectivity index (χ1v) is 6.90. The van der Waals surface area contributed by atoms with Crippen molar-refractivity contribution in [3.8, 4) is 0 Å². The Balaban J connectivity index is 2.69. The van der Waals surface area contributed by atoms with Crippen LogP contribution in [-0.2, 0) is 4.79 Å². The molecule has 17 heavy (non-hydrogen) atoms. The number of nitrogens with one attached hydrogen (secondary N) is 2. The van der Waals surface area contributed by atoms with Crippen LogP contribution in [0.3, 0.4) is 0 Å². The Morgan fingerprint density at radius 3 is 2.47 bits per heavy atom. The Hall–Kier alpha value is -0.570. The molecule has 100 valence electrons. The minimum absolute atomic E-state index is 0.0475. The van der Waals surface area contributed by atoms with Crippen molar-refractivity contribution >= 4 is 5.91 Å². The largest absolute Gasteiger partial charge is 0.350 e. The van der Waals surface area contributed by atoms with Gasteiger partial charge in [-0.3, -0.25) is 4.79 Å². The highest BCUT2D eigenvalue weighted by molar-refractivity contribution is 5.83. The third-order valence-electron chi connectivity index (χ3n) is 4.38. The van der Waals surface area contributed by atoms with E-state index in [2.05, 4.69) is 45.3 Å². The first-order valence-electron chi connectivity index (χ1n) is 6.90. The van der Waals surface area contributed by atoms with E-state index in [-0.39, 0.29) is 22.9 Å². The Bertz CT molecular complexity index is 269. The average molecular weight is 240 g/mol. The summed E-state index contributed by atoms with van der Waals surface area (Å²) >= 11 is 0. The fourth-order valence-corrected chi connectivity index (χ4v) is 2.45. The molecule has 1 heterocycles. The molecule has 1 aliphatic heterocycles. The molecule has 2 N–H and O–H groups in total. The van der Waals surface area contributed by atoms with E-state index >= 15 is 0 Å². The SMILES string of the molecule is CCC(C)(CC)NC(=O)C1NCCCC1(C)C. The lowest BCUT2D eigenvalue weighted by atomic mass is 9.77. The highest BCUT2D eigenvalue weighted by atomic mass is 16.2. The number of amides is 1. The summed E-state index contributed by atoms with van der Waals surface area (Å²) in [6.45, 7) is 11.7. The van der Waals surface area contributed by atoms with Crippen LogP contribution >= 0.6 is 0 Å². The zero-order chi connectivity index (χ0) is 13.1. The Morgan fingerprint density at radius 2 is 2.00 bits per heavy atom. The summed E-state index contributed by atoms with van der Waals surface area (Å²) in [5, 5.41) is 6.58. The van der Waals surface area contributed by atoms with E-state index in [4.69, 9.17) is 0 Å². The molecule has 1 amide bonds. The van der Waals surface area contributed by atoms with Crippen LogP contribution in [0.5, 0.6) is 0 Å². The van der Waals surface area contributed by atoms with Gasteiger partial charge in [0.25, 0.3) is 0 Å². The number of hydrogen-bond donors (Lipinski definition) is 2. The molecule has 1 fully saturated rings. The molecule has 0 aromatic rings. The number of piperidine rings is 1. The van der Waals surface area contributed by atoms with Crippen molar-refractivity contribution in [1.29, 1.82) is 0 Å². The monoisotopic (exact) mass is 240 g/mol. The molecule has 0 bridgehead atoms. The first kappa shape index (κ1) is 14.5. The first-order chi connectivity index (χ1) is 7.84. The van der Waals surface area contributed by atoms with Crippen LogP contribution in [0, 0.1) is 5.41 Å². The normalized spacial score (nSPS) is 24.4. The number of rotatable bonds is 4. The van der Waals surface area contributed by atoms with Crippen molar-refractivity contribution in [2.45, 2.75) is 71.9 Å². The minimum atomic E-state index is -0.0632. The maximum absolute atomic E-state index is 12.4. The van der Waals surface area contributed by atoms with Gasteiger partial charge < -0.3 is 10.6 Å². The fourth-order valence-electron chi connectivity index (χ4n) is 2.45. The van der Waals surface area contributed by atoms with Crippen LogP contribution in [-0.4, -0.2) is 24.0 Å². The summed E-state index contributed by atoms with van der Waals surface area (Å²) in [7, 11) is 0. The van der Waals surface area contributed by atoms with Crippen LogP contribution in [0.4, 0.5) is 0 Å². The van der Waals surface area contributed by atoms with Crippen molar-refractivity contribution in [2.24, 2.45) is 5.41 Å². The van der Waals surface area contributed by atoms with Crippen LogP contribution in [0.1, 0.15) is 60.3 Å². The zero-order valence-electron chi connectivity index (χ0n) is 12.0. The van der Waals surface area contributed by atoms with Gasteiger partial charge in [0.05, 0.1) is 6.04 Å². The topological polar surface area (TPSA) is 41.1 Å². The van der Waals surface area contributed by atoms with Gasteiger partial charge in [0, 0.05) is 5.54 Å². The van der Waals surface area contributed by atoms with Crippen molar-refractivity contribution < 1.29 is 4.79 Å². The lowest BCUT2D eigenvalue weighted by Crippen LogP contribution is -2.59. The molecule has 1 rings (SSSR count). The maximum Gasteiger partial charge on any atom is 0.238 e. The molecule has 0 saturated carbocycles. The molecular formula is C14H28N2O. The molecular weight excluding hydrogens is 212 g/mol. The minimum Gasteiger partial charge on any atom is -0.350 e. The standard InChI is InChI=1S/C14H28N2O/c1-6-14(5,7-2)16-12(17)11-13(3,4)9-8-10-15-11/h11,15H,6-10H2,1-5H3,(H,16,17). The predicted octanol–water partition coefficient (Wildman–Crippen LogP) is 2.46. The van der Waals surface area contributed by atoms with Crippen molar-refractivity contribution in [2.75, 3.05) is 6.54 Å². The van der Waals surface area contributed by atoms with E-state index in [9.17, 15) is 4.79 Å². The molecule has 1 unspecified atom stereocenters. The third kappa shape index (κ3) is 3.44. The van der Waals surface area contributed by atoms with Crippen molar-refractivity contribution in [3.63, 3.8) is 0 Å². The van der Waals surface area contributed by atoms with Gasteiger partial charge in [-0.15, -0.1) is 0 Å². The summed E-state index contributed by atoms with van der Waals surface area (Å²) in [6.07, 6.45) is 4.23. The highest BCUT2D eigenvalue weighted by Crippen LogP contribution is 2.30. The third-order valence-corrected chi connectivity index (χ3v) is 4.38. The lowest BCUT2D eigenvalue weighted by molar-refractivity contribution is -0.128. The molecule has 1 aliphatic rings. The predicted molar refractivity (Wildman–Crippen MR) is 71.9 cm³/mol. The van der Waals surface area contributed by atoms with E-state index in [1.165, 1.54) is 0 Å². The summed E-state index contributed by atoms with van der Waals surface area (Å²) < 4.78 is 0. The van der Waals surface area contributed by atoms with Gasteiger partial charge in [0.1, 0.15) is 0 Å². The summed E-state index contributed by atoms with van der Waals surface area (Å²) in [5.74, 6) is 0.168. The van der Waals surface area contributed by atoms with Gasteiger partial charge in [-0.2, -0.15) is 0 Å². The van der Waals surface area contributed by atoms with Gasteiger partial charge in [-0.05, 0) is 44.6 Å². The summed E-state index contributed by atoms with van der Waals surface area (Å²) in [4.78, 5) is 12.4. The zero-order valence-corrected chi connectivity index (χ0v) is 12.0. The van der Waals surface area contributed by atoms with E-state index in [0.29, 0.717) is 0 Å². The lowest BCUT2D eigenvalue weighted by Gasteiger charge is -2.40. The average Bonchev–Trinajstić information content (AvgIpc) is 2.28. The van der Waals surface area contributed by atoms with Crippen molar-refractivity contribution in [1.82, 2.24) is 10.6 Å². The number of carbonyl (C=O) groups is 1. The molecule has 0 radical (unpaired) electrons. The highest BCUT2D eigenvalue weighted by Gasteiger charge is 2.38. The molecule has 0 aromatic heterocycles. The van der Waals surface area contributed by atoms with E-state index in [0.717, 1.165) is 32.2 Å². The van der Waals surface area contributed by atoms with Gasteiger partial charge in [-0.1, -0.05) is 27.7 Å². The molecule has 1 saturated heterocycles. The molecule has 0 spiro atoms. The van der Waals surface area contributed by atoms with E-state index in [1.54, 1.807) is 0 Å². The van der Waals surface area contributed by atoms with E-state index < -0.39 is 0 Å². The molecule has 3 heteroatoms. The molecule has 1 atom stereocenters. The van der Waals surface area contributed by atoms with Crippen molar-refractivity contribution in [3.05, 3.63) is 0 Å². The second-order valence-electron chi connectivity index (χ2n) is 6.24. The van der Waals surface area contributed by atoms with Gasteiger partial charge in [0.15, 0.2) is 0 Å². The van der Waals surface area contributed by atoms with Gasteiger partial charge >= 0.3 is 0 Å². The van der Waals surface area contributed by atoms with Gasteiger partial charge in [0.2, 0.25) is 5.91 Å². The fraction of sp³-hybridized carbons (Fsp3) is 0.929. The Labute approximate surface area is 106 Å². The molecule has 0 aliphatic carbocycles. The van der Waals surface area contributed by atoms with Crippen LogP contribution in [0.25, 0.3) is 0 Å². The van der Waals surface area contributed by atoms with Gasteiger partial charge in [-0.25, -0.2) is 0 Å². The molecule has 0 aromatic carbocycles. The Kier molecular flexibility index (Phi) is 4.59. The summed E-state index contributed by atoms with van der Waals surface area (Å²) in [6, 6.07) is -0.0475. The quantitative estimate of drug-likeness (QED) is 0.792. The molecule has 3 nitrogen and oxygen atoms in total. The number of carbonyl (C=O) groups excluding carboxylic acids is 1. The van der Waals surface area contributed by atoms with E-state index in [1.807, 2.05) is 0 Å². The second kappa shape index (κ2) is 5.38. The number of hydrogen-bond acceptors (Lipinski definition) is 2.